The third kappa shape index (κ3) is 5.86. The fraction of sp³-hybridized carbons (Fsp3) is 0.143. The second kappa shape index (κ2) is 8.92. The van der Waals surface area contributed by atoms with E-state index in [1.165, 1.54) is 20.2 Å². The van der Waals surface area contributed by atoms with Gasteiger partial charge in [0.15, 0.2) is 0 Å². The average Bonchev–Trinajstić information content (AvgIpc) is 2.62. The van der Waals surface area contributed by atoms with Crippen molar-refractivity contribution in [2.45, 2.75) is 9.79 Å². The summed E-state index contributed by atoms with van der Waals surface area (Å²) in [7, 11) is -7.10. The van der Waals surface area contributed by atoms with E-state index in [0.29, 0.717) is 18.2 Å². The summed E-state index contributed by atoms with van der Waals surface area (Å²) >= 11 is -2.47. The molecule has 0 aromatic heterocycles. The van der Waals surface area contributed by atoms with Gasteiger partial charge in [-0.1, -0.05) is 0 Å². The molecule has 0 aliphatic carbocycles. The molecule has 2 rings (SSSR count). The Morgan fingerprint density at radius 3 is 2.03 bits per heavy atom. The standard InChI is InChI=1S/C14H15N3O10S3/c1-15-16-11-7-14(26-2)12(6-13(11)18)17-28(19)27-8-3-9(29(20,21)22)5-10(4-8)30(23,24)25/h3-7,17-18H,1-2H3,(H,20,21,22)(H,23,24,25). The molecule has 13 nitrogen and oxygen atoms in total. The predicted octanol–water partition coefficient (Wildman–Crippen LogP) is 1.68. The minimum Gasteiger partial charge on any atom is -0.506 e. The Labute approximate surface area is 173 Å². The molecule has 1 unspecified atom stereocenters. The number of aromatic hydroxyl groups is 1. The fourth-order valence-electron chi connectivity index (χ4n) is 2.08. The van der Waals surface area contributed by atoms with Crippen molar-refractivity contribution in [3.63, 3.8) is 0 Å². The van der Waals surface area contributed by atoms with Crippen LogP contribution in [0.5, 0.6) is 17.2 Å². The summed E-state index contributed by atoms with van der Waals surface area (Å²) in [5, 5.41) is 17.1. The fourth-order valence-corrected chi connectivity index (χ4v) is 3.89. The van der Waals surface area contributed by atoms with Gasteiger partial charge in [-0.25, -0.2) is 0 Å². The van der Waals surface area contributed by atoms with Crippen LogP contribution < -0.4 is 13.6 Å². The number of nitrogens with one attached hydrogen (secondary N) is 1. The molecule has 0 bridgehead atoms. The molecular formula is C14H15N3O10S3. The number of phenolic OH excluding ortho intramolecular Hbond substituents is 1. The van der Waals surface area contributed by atoms with Gasteiger partial charge in [-0.05, 0) is 6.07 Å². The van der Waals surface area contributed by atoms with E-state index in [9.17, 15) is 26.2 Å². The molecule has 0 heterocycles. The van der Waals surface area contributed by atoms with E-state index in [1.54, 1.807) is 0 Å². The van der Waals surface area contributed by atoms with Crippen molar-refractivity contribution >= 4 is 42.9 Å². The summed E-state index contributed by atoms with van der Waals surface area (Å²) in [6.07, 6.45) is 0. The van der Waals surface area contributed by atoms with E-state index in [0.717, 1.165) is 6.07 Å². The van der Waals surface area contributed by atoms with Crippen LogP contribution in [-0.4, -0.2) is 49.4 Å². The largest absolute Gasteiger partial charge is 0.506 e. The first-order chi connectivity index (χ1) is 13.8. The maximum absolute atomic E-state index is 12.3. The van der Waals surface area contributed by atoms with Crippen LogP contribution in [0.25, 0.3) is 0 Å². The summed E-state index contributed by atoms with van der Waals surface area (Å²) in [5.74, 6) is -0.844. The normalized spacial score (nSPS) is 13.2. The smallest absolute Gasteiger partial charge is 0.316 e. The molecule has 2 aromatic carbocycles. The molecular weight excluding hydrogens is 466 g/mol. The van der Waals surface area contributed by atoms with Gasteiger partial charge >= 0.3 is 11.3 Å². The quantitative estimate of drug-likeness (QED) is 0.317. The maximum Gasteiger partial charge on any atom is 0.316 e. The van der Waals surface area contributed by atoms with Crippen LogP contribution >= 0.6 is 0 Å². The summed E-state index contributed by atoms with van der Waals surface area (Å²) in [4.78, 5) is -1.84. The molecule has 0 aliphatic heterocycles. The van der Waals surface area contributed by atoms with Gasteiger partial charge in [0.05, 0.1) is 22.6 Å². The van der Waals surface area contributed by atoms with E-state index in [4.69, 9.17) is 18.0 Å². The van der Waals surface area contributed by atoms with Gasteiger partial charge < -0.3 is 14.0 Å². The van der Waals surface area contributed by atoms with Crippen molar-refractivity contribution in [1.82, 2.24) is 0 Å². The van der Waals surface area contributed by atoms with Gasteiger partial charge in [0.25, 0.3) is 20.2 Å². The third-order valence-electron chi connectivity index (χ3n) is 3.32. The first kappa shape index (κ1) is 23.5. The highest BCUT2D eigenvalue weighted by Gasteiger charge is 2.20. The molecule has 30 heavy (non-hydrogen) atoms. The number of azo groups is 1. The molecule has 0 saturated heterocycles. The van der Waals surface area contributed by atoms with Crippen LogP contribution in [0.15, 0.2) is 50.4 Å². The topological polar surface area (TPSA) is 201 Å². The number of hydrogen-bond acceptors (Lipinski definition) is 10. The van der Waals surface area contributed by atoms with E-state index in [2.05, 4.69) is 15.0 Å². The summed E-state index contributed by atoms with van der Waals surface area (Å²) in [6, 6.07) is 4.22. The van der Waals surface area contributed by atoms with Gasteiger partial charge in [-0.3, -0.25) is 13.8 Å². The Morgan fingerprint density at radius 1 is 1.00 bits per heavy atom. The zero-order chi connectivity index (χ0) is 22.7. The lowest BCUT2D eigenvalue weighted by Gasteiger charge is -2.13. The van der Waals surface area contributed by atoms with Gasteiger partial charge in [0.1, 0.15) is 22.9 Å². The van der Waals surface area contributed by atoms with Gasteiger partial charge in [-0.2, -0.15) is 31.3 Å². The number of ether oxygens (including phenoxy) is 1. The van der Waals surface area contributed by atoms with Crippen molar-refractivity contribution in [2.24, 2.45) is 10.2 Å². The zero-order valence-corrected chi connectivity index (χ0v) is 17.7. The molecule has 2 aromatic rings. The monoisotopic (exact) mass is 481 g/mol. The molecule has 0 radical (unpaired) electrons. The van der Waals surface area contributed by atoms with Crippen LogP contribution in [0.2, 0.25) is 0 Å². The van der Waals surface area contributed by atoms with Crippen LogP contribution in [0, 0.1) is 0 Å². The first-order valence-electron chi connectivity index (χ1n) is 7.53. The Bertz CT molecular complexity index is 1180. The van der Waals surface area contributed by atoms with Crippen LogP contribution in [0.1, 0.15) is 0 Å². The highest BCUT2D eigenvalue weighted by atomic mass is 32.2. The number of benzene rings is 2. The summed E-state index contributed by atoms with van der Waals surface area (Å²) < 4.78 is 88.1. The lowest BCUT2D eigenvalue weighted by molar-refractivity contribution is 0.414. The molecule has 0 amide bonds. The van der Waals surface area contributed by atoms with E-state index in [-0.39, 0.29) is 22.9 Å². The predicted molar refractivity (Wildman–Crippen MR) is 104 cm³/mol. The average molecular weight is 481 g/mol. The van der Waals surface area contributed by atoms with Crippen LogP contribution in [0.4, 0.5) is 11.4 Å². The second-order valence-corrected chi connectivity index (χ2v) is 9.03. The Morgan fingerprint density at radius 2 is 1.57 bits per heavy atom. The lowest BCUT2D eigenvalue weighted by Crippen LogP contribution is -2.13. The second-order valence-electron chi connectivity index (χ2n) is 5.35. The molecule has 0 spiro atoms. The van der Waals surface area contributed by atoms with Crippen molar-refractivity contribution in [2.75, 3.05) is 18.9 Å². The molecule has 1 atom stereocenters. The molecule has 4 N–H and O–H groups in total. The van der Waals surface area contributed by atoms with Gasteiger partial charge in [-0.15, -0.1) is 0 Å². The first-order valence-corrected chi connectivity index (χ1v) is 11.5. The number of anilines is 1. The zero-order valence-electron chi connectivity index (χ0n) is 15.2. The van der Waals surface area contributed by atoms with Gasteiger partial charge in [0.2, 0.25) is 0 Å². The number of rotatable bonds is 8. The van der Waals surface area contributed by atoms with Crippen LogP contribution in [0.3, 0.4) is 0 Å². The van der Waals surface area contributed by atoms with E-state index in [1.807, 2.05) is 0 Å². The SMILES string of the molecule is CN=Nc1cc(OC)c(NS(=O)Oc2cc(S(=O)(=O)O)cc(S(=O)(=O)O)c2)cc1O. The molecule has 164 valence electrons. The molecule has 16 heteroatoms. The Kier molecular flexibility index (Phi) is 6.99. The Balaban J connectivity index is 2.38. The number of methoxy groups -OCH3 is 1. The highest BCUT2D eigenvalue weighted by molar-refractivity contribution is 7.86. The molecule has 0 aliphatic rings. The minimum atomic E-state index is -4.88. The van der Waals surface area contributed by atoms with E-state index < -0.39 is 47.0 Å². The van der Waals surface area contributed by atoms with Crippen LogP contribution in [-0.2, 0) is 31.5 Å². The Hall–Kier alpha value is -2.79. The van der Waals surface area contributed by atoms with Crippen molar-refractivity contribution in [3.05, 3.63) is 30.3 Å². The summed E-state index contributed by atoms with van der Waals surface area (Å²) in [5.41, 5.74) is 0.0366. The number of nitrogens with zero attached hydrogens (tertiary/aromatic N) is 2. The third-order valence-corrected chi connectivity index (χ3v) is 5.71. The molecule has 0 saturated carbocycles. The highest BCUT2D eigenvalue weighted by Crippen LogP contribution is 2.38. The van der Waals surface area contributed by atoms with Crippen molar-refractivity contribution in [1.29, 1.82) is 0 Å². The molecule has 0 fully saturated rings. The van der Waals surface area contributed by atoms with Gasteiger partial charge in [0, 0.05) is 31.3 Å². The van der Waals surface area contributed by atoms with Crippen molar-refractivity contribution in [3.8, 4) is 17.2 Å². The minimum absolute atomic E-state index is 0.0238. The van der Waals surface area contributed by atoms with E-state index >= 15 is 0 Å². The maximum atomic E-state index is 12.3. The van der Waals surface area contributed by atoms with Crippen molar-refractivity contribution < 1.29 is 44.2 Å². The number of phenols is 1. The number of hydrogen-bond donors (Lipinski definition) is 4. The lowest BCUT2D eigenvalue weighted by atomic mass is 10.2. The summed E-state index contributed by atoms with van der Waals surface area (Å²) in [6.45, 7) is 0.